The number of rotatable bonds is 3. The fraction of sp³-hybridized carbons (Fsp3) is 0.125. The third-order valence-electron chi connectivity index (χ3n) is 5.35. The van der Waals surface area contributed by atoms with Gasteiger partial charge >= 0.3 is 5.97 Å². The first-order chi connectivity index (χ1) is 13.8. The normalized spacial score (nSPS) is 22.1. The molecule has 0 aliphatic carbocycles. The summed E-state index contributed by atoms with van der Waals surface area (Å²) in [5, 5.41) is 4.60. The number of carbonyl (C=O) groups excluding carboxylic acids is 1. The molecule has 4 heteroatoms. The third kappa shape index (κ3) is 2.88. The van der Waals surface area contributed by atoms with E-state index in [1.165, 1.54) is 0 Å². The molecule has 0 amide bonds. The molecule has 3 aromatic carbocycles. The van der Waals surface area contributed by atoms with Crippen LogP contribution in [0.1, 0.15) is 34.9 Å². The molecule has 0 unspecified atom stereocenters. The Morgan fingerprint density at radius 3 is 2.14 bits per heavy atom. The highest BCUT2D eigenvalue weighted by molar-refractivity contribution is 5.90. The molecule has 28 heavy (non-hydrogen) atoms. The third-order valence-corrected chi connectivity index (χ3v) is 5.35. The first-order valence-corrected chi connectivity index (χ1v) is 9.44. The maximum Gasteiger partial charge on any atom is 0.328 e. The summed E-state index contributed by atoms with van der Waals surface area (Å²) in [5.74, 6) is -0.259. The number of aromatic amines is 1. The van der Waals surface area contributed by atoms with Crippen LogP contribution in [0.5, 0.6) is 0 Å². The van der Waals surface area contributed by atoms with Crippen molar-refractivity contribution in [3.8, 4) is 0 Å². The monoisotopic (exact) mass is 368 g/mol. The van der Waals surface area contributed by atoms with E-state index < -0.39 is 6.04 Å². The average Bonchev–Trinajstić information content (AvgIpc) is 3.19. The van der Waals surface area contributed by atoms with Gasteiger partial charge in [-0.25, -0.2) is 4.79 Å². The Balaban J connectivity index is 1.57. The zero-order chi connectivity index (χ0) is 18.9. The molecule has 1 fully saturated rings. The minimum atomic E-state index is -0.527. The number of carbonyl (C=O) groups is 1. The van der Waals surface area contributed by atoms with Crippen LogP contribution in [0.15, 0.2) is 91.1 Å². The molecule has 138 valence electrons. The van der Waals surface area contributed by atoms with Gasteiger partial charge < -0.3 is 9.72 Å². The Kier molecular flexibility index (Phi) is 4.18. The van der Waals surface area contributed by atoms with E-state index in [0.717, 1.165) is 27.6 Å². The standard InChI is InChI=1S/C24H20N2O2/c27-24-22(19-15-25-20-14-8-7-13-18(19)20)26-21(16-9-3-1-4-10-16)23(28-24)17-11-5-2-6-12-17/h1-15,21-23,25-26H/t21-,22-,23+/m0/s1. The van der Waals surface area contributed by atoms with E-state index in [-0.39, 0.29) is 18.1 Å². The molecule has 4 nitrogen and oxygen atoms in total. The van der Waals surface area contributed by atoms with Crippen LogP contribution in [0.2, 0.25) is 0 Å². The van der Waals surface area contributed by atoms with Crippen molar-refractivity contribution in [2.75, 3.05) is 0 Å². The number of nitrogens with one attached hydrogen (secondary N) is 2. The number of hydrogen-bond acceptors (Lipinski definition) is 3. The number of benzene rings is 3. The summed E-state index contributed by atoms with van der Waals surface area (Å²) >= 11 is 0. The van der Waals surface area contributed by atoms with Crippen molar-refractivity contribution < 1.29 is 9.53 Å². The van der Waals surface area contributed by atoms with E-state index in [9.17, 15) is 4.79 Å². The molecule has 1 aromatic heterocycles. The maximum atomic E-state index is 13.0. The molecule has 4 aromatic rings. The lowest BCUT2D eigenvalue weighted by atomic mass is 9.91. The molecule has 2 N–H and O–H groups in total. The lowest BCUT2D eigenvalue weighted by Gasteiger charge is -2.37. The van der Waals surface area contributed by atoms with Crippen LogP contribution in [0.25, 0.3) is 10.9 Å². The molecule has 0 spiro atoms. The highest BCUT2D eigenvalue weighted by Crippen LogP contribution is 2.40. The molecule has 5 rings (SSSR count). The van der Waals surface area contributed by atoms with Crippen LogP contribution in [0.4, 0.5) is 0 Å². The van der Waals surface area contributed by atoms with Crippen LogP contribution in [0.3, 0.4) is 0 Å². The number of H-pyrrole nitrogens is 1. The number of fused-ring (bicyclic) bond motifs is 1. The predicted molar refractivity (Wildman–Crippen MR) is 109 cm³/mol. The Labute approximate surface area is 163 Å². The van der Waals surface area contributed by atoms with E-state index in [4.69, 9.17) is 4.74 Å². The van der Waals surface area contributed by atoms with Gasteiger partial charge in [-0.2, -0.15) is 0 Å². The zero-order valence-corrected chi connectivity index (χ0v) is 15.2. The summed E-state index contributed by atoms with van der Waals surface area (Å²) in [6.07, 6.45) is 1.52. The van der Waals surface area contributed by atoms with Gasteiger partial charge in [-0.15, -0.1) is 0 Å². The first kappa shape index (κ1) is 16.8. The van der Waals surface area contributed by atoms with E-state index in [2.05, 4.69) is 22.4 Å². The second kappa shape index (κ2) is 6.98. The second-order valence-corrected chi connectivity index (χ2v) is 7.05. The van der Waals surface area contributed by atoms with E-state index in [0.29, 0.717) is 0 Å². The number of aromatic nitrogens is 1. The van der Waals surface area contributed by atoms with Crippen molar-refractivity contribution >= 4 is 16.9 Å². The molecule has 1 aliphatic rings. The number of esters is 1. The van der Waals surface area contributed by atoms with Crippen molar-refractivity contribution in [2.45, 2.75) is 18.2 Å². The van der Waals surface area contributed by atoms with Crippen molar-refractivity contribution in [1.82, 2.24) is 10.3 Å². The Bertz CT molecular complexity index is 1110. The van der Waals surface area contributed by atoms with E-state index >= 15 is 0 Å². The lowest BCUT2D eigenvalue weighted by molar-refractivity contribution is -0.161. The van der Waals surface area contributed by atoms with E-state index in [1.807, 2.05) is 79.0 Å². The molecule has 2 heterocycles. The van der Waals surface area contributed by atoms with Crippen molar-refractivity contribution in [1.29, 1.82) is 0 Å². The van der Waals surface area contributed by atoms with Crippen LogP contribution in [-0.4, -0.2) is 11.0 Å². The summed E-state index contributed by atoms with van der Waals surface area (Å²) in [5.41, 5.74) is 3.99. The average molecular weight is 368 g/mol. The summed E-state index contributed by atoms with van der Waals surface area (Å²) in [4.78, 5) is 16.3. The van der Waals surface area contributed by atoms with Gasteiger partial charge in [-0.3, -0.25) is 5.32 Å². The Hall–Kier alpha value is -3.37. The fourth-order valence-electron chi connectivity index (χ4n) is 3.98. The minimum absolute atomic E-state index is 0.139. The molecule has 3 atom stereocenters. The van der Waals surface area contributed by atoms with Gasteiger partial charge in [0.15, 0.2) is 0 Å². The van der Waals surface area contributed by atoms with Crippen LogP contribution >= 0.6 is 0 Å². The first-order valence-electron chi connectivity index (χ1n) is 9.44. The van der Waals surface area contributed by atoms with Crippen LogP contribution in [-0.2, 0) is 9.53 Å². The van der Waals surface area contributed by atoms with Gasteiger partial charge in [0.2, 0.25) is 0 Å². The van der Waals surface area contributed by atoms with Gasteiger partial charge in [0, 0.05) is 22.7 Å². The zero-order valence-electron chi connectivity index (χ0n) is 15.2. The molecular formula is C24H20N2O2. The van der Waals surface area contributed by atoms with Gasteiger partial charge in [-0.05, 0) is 17.2 Å². The number of cyclic esters (lactones) is 1. The topological polar surface area (TPSA) is 54.1 Å². The summed E-state index contributed by atoms with van der Waals surface area (Å²) in [6, 6.07) is 27.4. The molecular weight excluding hydrogens is 348 g/mol. The minimum Gasteiger partial charge on any atom is -0.454 e. The highest BCUT2D eigenvalue weighted by Gasteiger charge is 2.40. The number of hydrogen-bond donors (Lipinski definition) is 2. The SMILES string of the molecule is O=C1O[C@H](c2ccccc2)[C@H](c2ccccc2)N[C@H]1c1c[nH]c2ccccc12. The van der Waals surface area contributed by atoms with Gasteiger partial charge in [0.25, 0.3) is 0 Å². The second-order valence-electron chi connectivity index (χ2n) is 7.05. The fourth-order valence-corrected chi connectivity index (χ4v) is 3.98. The predicted octanol–water partition coefficient (Wildman–Crippen LogP) is 4.84. The largest absolute Gasteiger partial charge is 0.454 e. The van der Waals surface area contributed by atoms with Crippen LogP contribution < -0.4 is 5.32 Å². The Morgan fingerprint density at radius 1 is 0.750 bits per heavy atom. The van der Waals surface area contributed by atoms with Crippen molar-refractivity contribution in [3.05, 3.63) is 108 Å². The lowest BCUT2D eigenvalue weighted by Crippen LogP contribution is -2.43. The van der Waals surface area contributed by atoms with Crippen molar-refractivity contribution in [3.63, 3.8) is 0 Å². The van der Waals surface area contributed by atoms with Crippen LogP contribution in [0, 0.1) is 0 Å². The molecule has 0 saturated carbocycles. The molecule has 1 aliphatic heterocycles. The summed E-state index contributed by atoms with van der Waals surface area (Å²) in [6.45, 7) is 0. The quantitative estimate of drug-likeness (QED) is 0.509. The van der Waals surface area contributed by atoms with Gasteiger partial charge in [-0.1, -0.05) is 78.9 Å². The summed E-state index contributed by atoms with van der Waals surface area (Å²) in [7, 11) is 0. The molecule has 0 radical (unpaired) electrons. The number of para-hydroxylation sites is 1. The molecule has 0 bridgehead atoms. The van der Waals surface area contributed by atoms with E-state index in [1.54, 1.807) is 0 Å². The van der Waals surface area contributed by atoms with Gasteiger partial charge in [0.1, 0.15) is 12.1 Å². The molecule has 1 saturated heterocycles. The van der Waals surface area contributed by atoms with Crippen molar-refractivity contribution in [2.24, 2.45) is 0 Å². The number of ether oxygens (including phenoxy) is 1. The summed E-state index contributed by atoms with van der Waals surface area (Å²) < 4.78 is 6.01. The Morgan fingerprint density at radius 2 is 1.39 bits per heavy atom. The smallest absolute Gasteiger partial charge is 0.328 e. The van der Waals surface area contributed by atoms with Gasteiger partial charge in [0.05, 0.1) is 6.04 Å². The maximum absolute atomic E-state index is 13.0. The highest BCUT2D eigenvalue weighted by atomic mass is 16.5. The number of morpholine rings is 1.